The molecule has 1 heterocycles. The van der Waals surface area contributed by atoms with Crippen molar-refractivity contribution in [2.24, 2.45) is 0 Å². The Labute approximate surface area is 196 Å². The molecule has 34 heavy (non-hydrogen) atoms. The smallest absolute Gasteiger partial charge is 0.344 e. The SMILES string of the molecule is CC[C@@H](Oc1cccc(CN(CCOc2ccccc2)c2nc3cc(F)ccc3o2)c1)C(=O)O. The van der Waals surface area contributed by atoms with Crippen LogP contribution in [0.5, 0.6) is 11.5 Å². The van der Waals surface area contributed by atoms with Gasteiger partial charge in [-0.15, -0.1) is 0 Å². The van der Waals surface area contributed by atoms with Crippen molar-refractivity contribution in [3.8, 4) is 11.5 Å². The summed E-state index contributed by atoms with van der Waals surface area (Å²) in [6.45, 7) is 2.97. The first-order chi connectivity index (χ1) is 16.5. The number of halogens is 1. The van der Waals surface area contributed by atoms with E-state index in [1.165, 1.54) is 12.1 Å². The quantitative estimate of drug-likeness (QED) is 0.323. The summed E-state index contributed by atoms with van der Waals surface area (Å²) in [7, 11) is 0. The van der Waals surface area contributed by atoms with Crippen LogP contribution in [0, 0.1) is 5.82 Å². The number of benzene rings is 3. The van der Waals surface area contributed by atoms with Crippen LogP contribution in [0.2, 0.25) is 0 Å². The van der Waals surface area contributed by atoms with Gasteiger partial charge in [-0.25, -0.2) is 9.18 Å². The number of anilines is 1. The Balaban J connectivity index is 1.54. The van der Waals surface area contributed by atoms with E-state index in [-0.39, 0.29) is 5.82 Å². The van der Waals surface area contributed by atoms with Crippen molar-refractivity contribution in [1.82, 2.24) is 4.98 Å². The highest BCUT2D eigenvalue weighted by Gasteiger charge is 2.19. The van der Waals surface area contributed by atoms with Gasteiger partial charge in [-0.1, -0.05) is 37.3 Å². The molecule has 0 radical (unpaired) electrons. The van der Waals surface area contributed by atoms with E-state index in [1.807, 2.05) is 41.3 Å². The average molecular weight is 464 g/mol. The molecule has 0 fully saturated rings. The highest BCUT2D eigenvalue weighted by Crippen LogP contribution is 2.25. The summed E-state index contributed by atoms with van der Waals surface area (Å²) < 4.78 is 31.0. The Kier molecular flexibility index (Phi) is 7.27. The van der Waals surface area contributed by atoms with Gasteiger partial charge in [0.25, 0.3) is 6.01 Å². The van der Waals surface area contributed by atoms with Crippen LogP contribution in [0.15, 0.2) is 77.2 Å². The zero-order chi connectivity index (χ0) is 23.9. The van der Waals surface area contributed by atoms with Gasteiger partial charge in [-0.2, -0.15) is 4.98 Å². The number of para-hydroxylation sites is 1. The summed E-state index contributed by atoms with van der Waals surface area (Å²) >= 11 is 0. The lowest BCUT2D eigenvalue weighted by Crippen LogP contribution is -2.28. The lowest BCUT2D eigenvalue weighted by molar-refractivity contribution is -0.145. The van der Waals surface area contributed by atoms with E-state index in [0.717, 1.165) is 11.3 Å². The molecule has 0 aliphatic heterocycles. The third kappa shape index (κ3) is 5.83. The number of rotatable bonds is 11. The largest absolute Gasteiger partial charge is 0.492 e. The fraction of sp³-hybridized carbons (Fsp3) is 0.231. The standard InChI is InChI=1S/C26H25FN2O5/c1-2-23(25(30)31)33-21-10-6-7-18(15-21)17-29(13-14-32-20-8-4-3-5-9-20)26-28-22-16-19(27)11-12-24(22)34-26/h3-12,15-16,23H,2,13-14,17H2,1H3,(H,30,31)/t23-/m1/s1. The number of ether oxygens (including phenoxy) is 2. The monoisotopic (exact) mass is 464 g/mol. The van der Waals surface area contributed by atoms with Crippen molar-refractivity contribution in [2.75, 3.05) is 18.1 Å². The van der Waals surface area contributed by atoms with Gasteiger partial charge in [0.1, 0.15) is 29.4 Å². The topological polar surface area (TPSA) is 85.0 Å². The lowest BCUT2D eigenvalue weighted by atomic mass is 10.2. The maximum absolute atomic E-state index is 13.6. The van der Waals surface area contributed by atoms with E-state index in [0.29, 0.717) is 49.0 Å². The molecular weight excluding hydrogens is 439 g/mol. The maximum atomic E-state index is 13.6. The van der Waals surface area contributed by atoms with E-state index in [9.17, 15) is 14.3 Å². The zero-order valence-corrected chi connectivity index (χ0v) is 18.7. The van der Waals surface area contributed by atoms with Gasteiger partial charge in [0.05, 0.1) is 6.54 Å². The number of oxazole rings is 1. The van der Waals surface area contributed by atoms with Crippen LogP contribution >= 0.6 is 0 Å². The molecule has 0 amide bonds. The van der Waals surface area contributed by atoms with Crippen molar-refractivity contribution in [2.45, 2.75) is 26.0 Å². The summed E-state index contributed by atoms with van der Waals surface area (Å²) in [5.41, 5.74) is 1.77. The number of carboxylic acids is 1. The first kappa shape index (κ1) is 23.1. The predicted molar refractivity (Wildman–Crippen MR) is 126 cm³/mol. The average Bonchev–Trinajstić information content (AvgIpc) is 3.26. The molecule has 0 aliphatic rings. The molecule has 1 atom stereocenters. The fourth-order valence-electron chi connectivity index (χ4n) is 3.47. The molecule has 1 aromatic heterocycles. The minimum Gasteiger partial charge on any atom is -0.492 e. The van der Waals surface area contributed by atoms with Gasteiger partial charge in [-0.3, -0.25) is 0 Å². The molecule has 0 aliphatic carbocycles. The molecule has 3 aromatic carbocycles. The Hall–Kier alpha value is -4.07. The van der Waals surface area contributed by atoms with Crippen molar-refractivity contribution in [3.63, 3.8) is 0 Å². The minimum atomic E-state index is -1.01. The number of carbonyl (C=O) groups is 1. The predicted octanol–water partition coefficient (Wildman–Crippen LogP) is 5.29. The van der Waals surface area contributed by atoms with Crippen molar-refractivity contribution < 1.29 is 28.2 Å². The number of aliphatic carboxylic acids is 1. The van der Waals surface area contributed by atoms with Gasteiger partial charge in [0.2, 0.25) is 0 Å². The molecule has 8 heteroatoms. The van der Waals surface area contributed by atoms with Gasteiger partial charge >= 0.3 is 5.97 Å². The van der Waals surface area contributed by atoms with Gasteiger partial charge in [0, 0.05) is 12.6 Å². The molecule has 4 aromatic rings. The molecule has 0 bridgehead atoms. The van der Waals surface area contributed by atoms with Crippen LogP contribution in [-0.2, 0) is 11.3 Å². The lowest BCUT2D eigenvalue weighted by Gasteiger charge is -2.21. The number of nitrogens with zero attached hydrogens (tertiary/aromatic N) is 2. The second-order valence-electron chi connectivity index (χ2n) is 7.69. The fourth-order valence-corrected chi connectivity index (χ4v) is 3.47. The van der Waals surface area contributed by atoms with Crippen molar-refractivity contribution in [3.05, 3.63) is 84.2 Å². The second kappa shape index (κ2) is 10.7. The first-order valence-corrected chi connectivity index (χ1v) is 11.0. The van der Waals surface area contributed by atoms with Crippen LogP contribution < -0.4 is 14.4 Å². The van der Waals surface area contributed by atoms with Gasteiger partial charge < -0.3 is 23.9 Å². The summed E-state index contributed by atoms with van der Waals surface area (Å²) in [6.07, 6.45) is -0.570. The normalized spacial score (nSPS) is 11.8. The number of carboxylic acid groups (broad SMARTS) is 1. The Bertz CT molecular complexity index is 1240. The summed E-state index contributed by atoms with van der Waals surface area (Å²) in [5.74, 6) is -0.185. The second-order valence-corrected chi connectivity index (χ2v) is 7.69. The molecule has 0 unspecified atom stereocenters. The number of hydrogen-bond donors (Lipinski definition) is 1. The van der Waals surface area contributed by atoms with Crippen LogP contribution in [0.1, 0.15) is 18.9 Å². The summed E-state index contributed by atoms with van der Waals surface area (Å²) in [4.78, 5) is 17.7. The van der Waals surface area contributed by atoms with Crippen molar-refractivity contribution in [1.29, 1.82) is 0 Å². The van der Waals surface area contributed by atoms with E-state index in [1.54, 1.807) is 31.2 Å². The molecule has 0 spiro atoms. The first-order valence-electron chi connectivity index (χ1n) is 11.0. The molecule has 1 N–H and O–H groups in total. The Morgan fingerprint density at radius 3 is 2.65 bits per heavy atom. The summed E-state index contributed by atoms with van der Waals surface area (Å²) in [5, 5.41) is 9.28. The third-order valence-electron chi connectivity index (χ3n) is 5.18. The van der Waals surface area contributed by atoms with Crippen molar-refractivity contribution >= 4 is 23.1 Å². The molecule has 0 saturated carbocycles. The van der Waals surface area contributed by atoms with Gasteiger partial charge in [0.15, 0.2) is 11.7 Å². The summed E-state index contributed by atoms with van der Waals surface area (Å²) in [6, 6.07) is 21.2. The number of aromatic nitrogens is 1. The highest BCUT2D eigenvalue weighted by atomic mass is 19.1. The molecule has 0 saturated heterocycles. The van der Waals surface area contributed by atoms with Crippen LogP contribution in [0.3, 0.4) is 0 Å². The molecule has 7 nitrogen and oxygen atoms in total. The Morgan fingerprint density at radius 1 is 1.09 bits per heavy atom. The molecule has 176 valence electrons. The zero-order valence-electron chi connectivity index (χ0n) is 18.7. The highest BCUT2D eigenvalue weighted by molar-refractivity contribution is 5.74. The third-order valence-corrected chi connectivity index (χ3v) is 5.18. The van der Waals surface area contributed by atoms with E-state index < -0.39 is 12.1 Å². The van der Waals surface area contributed by atoms with Crippen LogP contribution in [-0.4, -0.2) is 35.3 Å². The van der Waals surface area contributed by atoms with Gasteiger partial charge in [-0.05, 0) is 48.4 Å². The van der Waals surface area contributed by atoms with Crippen LogP contribution in [0.4, 0.5) is 10.4 Å². The minimum absolute atomic E-state index is 0.334. The Morgan fingerprint density at radius 2 is 1.88 bits per heavy atom. The van der Waals surface area contributed by atoms with Crippen LogP contribution in [0.25, 0.3) is 11.1 Å². The molecular formula is C26H25FN2O5. The number of fused-ring (bicyclic) bond motifs is 1. The maximum Gasteiger partial charge on any atom is 0.344 e. The number of hydrogen-bond acceptors (Lipinski definition) is 6. The molecule has 4 rings (SSSR count). The van der Waals surface area contributed by atoms with E-state index >= 15 is 0 Å². The van der Waals surface area contributed by atoms with E-state index in [4.69, 9.17) is 13.9 Å². The van der Waals surface area contributed by atoms with E-state index in [2.05, 4.69) is 4.98 Å².